The number of rotatable bonds is 2. The molecule has 0 aromatic heterocycles. The van der Waals surface area contributed by atoms with Gasteiger partial charge in [0.15, 0.2) is 0 Å². The molecule has 2 N–H and O–H groups in total. The fourth-order valence-electron chi connectivity index (χ4n) is 1.52. The molecule has 0 radical (unpaired) electrons. The summed E-state index contributed by atoms with van der Waals surface area (Å²) in [6, 6.07) is 6.35. The zero-order valence-electron chi connectivity index (χ0n) is 10.2. The largest absolute Gasteiger partial charge is 0.323 e. The molecule has 0 aliphatic rings. The van der Waals surface area contributed by atoms with Crippen molar-refractivity contribution < 1.29 is 9.18 Å². The number of nitrogens with one attached hydrogen (secondary N) is 2. The number of carbonyl (C=O) groups excluding carboxylic acids is 1. The molecule has 0 aliphatic carbocycles. The first kappa shape index (κ1) is 16.4. The van der Waals surface area contributed by atoms with Crippen LogP contribution in [0.4, 0.5) is 20.6 Å². The molecule has 0 spiro atoms. The first-order valence-corrected chi connectivity index (χ1v) is 7.47. The summed E-state index contributed by atoms with van der Waals surface area (Å²) in [6.45, 7) is 0. The van der Waals surface area contributed by atoms with Gasteiger partial charge in [-0.2, -0.15) is 0 Å². The summed E-state index contributed by atoms with van der Waals surface area (Å²) in [5.41, 5.74) is 0.588. The summed E-state index contributed by atoms with van der Waals surface area (Å²) < 4.78 is 13.4. The monoisotopic (exact) mass is 410 g/mol. The highest BCUT2D eigenvalue weighted by Crippen LogP contribution is 2.32. The average molecular weight is 412 g/mol. The Kier molecular flexibility index (Phi) is 5.32. The van der Waals surface area contributed by atoms with E-state index in [0.717, 1.165) is 6.07 Å². The zero-order valence-corrected chi connectivity index (χ0v) is 14.0. The Labute approximate surface area is 143 Å². The molecular formula is C13H7BrCl3FN2O. The van der Waals surface area contributed by atoms with Gasteiger partial charge in [0, 0.05) is 9.50 Å². The second-order valence-corrected chi connectivity index (χ2v) is 6.05. The van der Waals surface area contributed by atoms with E-state index in [4.69, 9.17) is 34.8 Å². The highest BCUT2D eigenvalue weighted by Gasteiger charge is 2.12. The maximum atomic E-state index is 13.1. The van der Waals surface area contributed by atoms with Gasteiger partial charge in [0.25, 0.3) is 0 Å². The second-order valence-electron chi connectivity index (χ2n) is 3.95. The van der Waals surface area contributed by atoms with Gasteiger partial charge < -0.3 is 10.6 Å². The predicted molar refractivity (Wildman–Crippen MR) is 88.2 cm³/mol. The van der Waals surface area contributed by atoms with Crippen molar-refractivity contribution in [2.75, 3.05) is 10.6 Å². The van der Waals surface area contributed by atoms with Crippen LogP contribution < -0.4 is 10.6 Å². The Balaban J connectivity index is 2.17. The Hall–Kier alpha value is -1.01. The van der Waals surface area contributed by atoms with E-state index in [-0.39, 0.29) is 10.7 Å². The van der Waals surface area contributed by atoms with Gasteiger partial charge in [-0.25, -0.2) is 9.18 Å². The fraction of sp³-hybridized carbons (Fsp3) is 0. The molecule has 3 nitrogen and oxygen atoms in total. The van der Waals surface area contributed by atoms with E-state index in [0.29, 0.717) is 20.2 Å². The van der Waals surface area contributed by atoms with E-state index in [1.165, 1.54) is 12.1 Å². The van der Waals surface area contributed by atoms with Crippen molar-refractivity contribution in [3.63, 3.8) is 0 Å². The highest BCUT2D eigenvalue weighted by atomic mass is 79.9. The molecule has 0 atom stereocenters. The number of hydrogen-bond acceptors (Lipinski definition) is 1. The van der Waals surface area contributed by atoms with E-state index >= 15 is 0 Å². The Morgan fingerprint density at radius 1 is 1.05 bits per heavy atom. The van der Waals surface area contributed by atoms with Crippen LogP contribution in [0.15, 0.2) is 34.8 Å². The highest BCUT2D eigenvalue weighted by molar-refractivity contribution is 9.10. The topological polar surface area (TPSA) is 41.1 Å². The first-order chi connectivity index (χ1) is 9.86. The average Bonchev–Trinajstić information content (AvgIpc) is 2.38. The molecule has 21 heavy (non-hydrogen) atoms. The van der Waals surface area contributed by atoms with Crippen molar-refractivity contribution in [3.8, 4) is 0 Å². The molecule has 0 fully saturated rings. The second kappa shape index (κ2) is 6.83. The quantitative estimate of drug-likeness (QED) is 0.606. The minimum atomic E-state index is -0.589. The van der Waals surface area contributed by atoms with Crippen LogP contribution >= 0.6 is 50.7 Å². The molecule has 0 saturated carbocycles. The summed E-state index contributed by atoms with van der Waals surface area (Å²) in [5, 5.41) is 5.86. The number of halogens is 5. The molecule has 2 rings (SSSR count). The van der Waals surface area contributed by atoms with Crippen molar-refractivity contribution in [3.05, 3.63) is 55.7 Å². The summed E-state index contributed by atoms with van der Waals surface area (Å²) in [6.07, 6.45) is 0. The third kappa shape index (κ3) is 4.23. The Morgan fingerprint density at radius 2 is 1.76 bits per heavy atom. The van der Waals surface area contributed by atoms with Crippen molar-refractivity contribution in [1.29, 1.82) is 0 Å². The van der Waals surface area contributed by atoms with Gasteiger partial charge in [0.05, 0.1) is 21.4 Å². The van der Waals surface area contributed by atoms with Crippen LogP contribution in [0.25, 0.3) is 0 Å². The summed E-state index contributed by atoms with van der Waals surface area (Å²) in [5.74, 6) is -0.518. The molecule has 0 unspecified atom stereocenters. The number of anilines is 2. The maximum absolute atomic E-state index is 13.1. The molecule has 2 aromatic carbocycles. The van der Waals surface area contributed by atoms with Crippen LogP contribution in [0.2, 0.25) is 15.1 Å². The Bertz CT molecular complexity index is 689. The van der Waals surface area contributed by atoms with Gasteiger partial charge >= 0.3 is 6.03 Å². The molecule has 2 aromatic rings. The maximum Gasteiger partial charge on any atom is 0.323 e. The molecule has 0 aliphatic heterocycles. The molecule has 0 bridgehead atoms. The summed E-state index contributed by atoms with van der Waals surface area (Å²) >= 11 is 20.8. The minimum absolute atomic E-state index is 0.0641. The van der Waals surface area contributed by atoms with E-state index in [1.54, 1.807) is 12.1 Å². The normalized spacial score (nSPS) is 10.3. The van der Waals surface area contributed by atoms with Gasteiger partial charge in [-0.15, -0.1) is 0 Å². The summed E-state index contributed by atoms with van der Waals surface area (Å²) in [7, 11) is 0. The third-order valence-corrected chi connectivity index (χ3v) is 3.91. The van der Waals surface area contributed by atoms with Crippen LogP contribution in [0.5, 0.6) is 0 Å². The SMILES string of the molecule is O=C(Nc1cc(Cl)ccc1Cl)Nc1c(Cl)cc(F)cc1Br. The lowest BCUT2D eigenvalue weighted by atomic mass is 10.3. The first-order valence-electron chi connectivity index (χ1n) is 5.54. The number of benzene rings is 2. The number of urea groups is 1. The zero-order chi connectivity index (χ0) is 15.6. The molecule has 0 heterocycles. The van der Waals surface area contributed by atoms with Crippen molar-refractivity contribution in [1.82, 2.24) is 0 Å². The van der Waals surface area contributed by atoms with Crippen molar-refractivity contribution in [2.24, 2.45) is 0 Å². The van der Waals surface area contributed by atoms with E-state index in [1.807, 2.05) is 0 Å². The molecule has 8 heteroatoms. The lowest BCUT2D eigenvalue weighted by molar-refractivity contribution is 0.262. The van der Waals surface area contributed by atoms with Crippen LogP contribution in [0, 0.1) is 5.82 Å². The van der Waals surface area contributed by atoms with Gasteiger partial charge in [0.2, 0.25) is 0 Å². The van der Waals surface area contributed by atoms with Crippen LogP contribution in [-0.4, -0.2) is 6.03 Å². The van der Waals surface area contributed by atoms with Gasteiger partial charge in [-0.05, 0) is 46.3 Å². The van der Waals surface area contributed by atoms with Crippen LogP contribution in [-0.2, 0) is 0 Å². The molecule has 110 valence electrons. The lowest BCUT2D eigenvalue weighted by Crippen LogP contribution is -2.20. The van der Waals surface area contributed by atoms with E-state index < -0.39 is 11.8 Å². The number of hydrogen-bond donors (Lipinski definition) is 2. The third-order valence-electron chi connectivity index (χ3n) is 2.42. The van der Waals surface area contributed by atoms with Crippen LogP contribution in [0.1, 0.15) is 0 Å². The minimum Gasteiger partial charge on any atom is -0.306 e. The number of amides is 2. The molecular weight excluding hydrogens is 405 g/mol. The smallest absolute Gasteiger partial charge is 0.306 e. The Morgan fingerprint density at radius 3 is 2.43 bits per heavy atom. The molecule has 0 saturated heterocycles. The fourth-order valence-corrected chi connectivity index (χ4v) is 2.76. The van der Waals surface area contributed by atoms with Gasteiger partial charge in [-0.1, -0.05) is 34.8 Å². The lowest BCUT2D eigenvalue weighted by Gasteiger charge is -2.12. The van der Waals surface area contributed by atoms with Crippen LogP contribution in [0.3, 0.4) is 0 Å². The summed E-state index contributed by atoms with van der Waals surface area (Å²) in [4.78, 5) is 11.9. The number of carbonyl (C=O) groups is 1. The van der Waals surface area contributed by atoms with E-state index in [2.05, 4.69) is 26.6 Å². The van der Waals surface area contributed by atoms with Gasteiger partial charge in [-0.3, -0.25) is 0 Å². The van der Waals surface area contributed by atoms with Gasteiger partial charge in [0.1, 0.15) is 5.82 Å². The van der Waals surface area contributed by atoms with E-state index in [9.17, 15) is 9.18 Å². The standard InChI is InChI=1S/C13H7BrCl3FN2O/c14-8-4-7(18)5-10(17)12(8)20-13(21)19-11-3-6(15)1-2-9(11)16/h1-5H,(H2,19,20,21). The van der Waals surface area contributed by atoms with Crippen molar-refractivity contribution >= 4 is 68.1 Å². The molecule has 2 amide bonds. The van der Waals surface area contributed by atoms with Crippen molar-refractivity contribution in [2.45, 2.75) is 0 Å². The predicted octanol–water partition coefficient (Wildman–Crippen LogP) is 6.19.